The lowest BCUT2D eigenvalue weighted by molar-refractivity contribution is -0.147. The van der Waals surface area contributed by atoms with Crippen molar-refractivity contribution in [3.63, 3.8) is 0 Å². The van der Waals surface area contributed by atoms with Gasteiger partial charge >= 0.3 is 5.97 Å². The zero-order chi connectivity index (χ0) is 12.3. The summed E-state index contributed by atoms with van der Waals surface area (Å²) >= 11 is 0. The van der Waals surface area contributed by atoms with Gasteiger partial charge in [-0.2, -0.15) is 0 Å². The number of carbonyl (C=O) groups excluding carboxylic acids is 1. The van der Waals surface area contributed by atoms with Crippen LogP contribution in [-0.2, 0) is 9.53 Å². The van der Waals surface area contributed by atoms with E-state index in [-0.39, 0.29) is 23.7 Å². The molecule has 1 N–H and O–H groups in total. The number of nitrogens with one attached hydrogen (secondary N) is 1. The standard InChI is InChI=1S/C13H16FNO2/c1-17-13(16)11-6-3-7-15-12(11)9-4-2-5-10(14)8-9/h2,4-5,8,11-12,15H,3,6-7H2,1H3. The average molecular weight is 237 g/mol. The van der Waals surface area contributed by atoms with Crippen LogP contribution in [0.5, 0.6) is 0 Å². The van der Waals surface area contributed by atoms with Crippen LogP contribution in [-0.4, -0.2) is 19.6 Å². The summed E-state index contributed by atoms with van der Waals surface area (Å²) in [6, 6.07) is 6.22. The highest BCUT2D eigenvalue weighted by atomic mass is 19.1. The number of halogens is 1. The molecule has 1 heterocycles. The topological polar surface area (TPSA) is 38.3 Å². The van der Waals surface area contributed by atoms with Gasteiger partial charge in [0.25, 0.3) is 0 Å². The Bertz CT molecular complexity index is 408. The van der Waals surface area contributed by atoms with Crippen molar-refractivity contribution in [2.45, 2.75) is 18.9 Å². The molecule has 1 aromatic rings. The lowest BCUT2D eigenvalue weighted by atomic mass is 9.86. The minimum absolute atomic E-state index is 0.146. The van der Waals surface area contributed by atoms with E-state index in [4.69, 9.17) is 4.74 Å². The van der Waals surface area contributed by atoms with Crippen molar-refractivity contribution < 1.29 is 13.9 Å². The number of benzene rings is 1. The number of piperidine rings is 1. The van der Waals surface area contributed by atoms with Gasteiger partial charge in [-0.3, -0.25) is 4.79 Å². The Morgan fingerprint density at radius 1 is 1.53 bits per heavy atom. The maximum atomic E-state index is 13.2. The third-order valence-electron chi connectivity index (χ3n) is 3.17. The van der Waals surface area contributed by atoms with Gasteiger partial charge in [0, 0.05) is 6.04 Å². The summed E-state index contributed by atoms with van der Waals surface area (Å²) in [5.41, 5.74) is 0.806. The first-order valence-electron chi connectivity index (χ1n) is 5.79. The number of rotatable bonds is 2. The summed E-state index contributed by atoms with van der Waals surface area (Å²) < 4.78 is 18.0. The summed E-state index contributed by atoms with van der Waals surface area (Å²) in [7, 11) is 1.39. The van der Waals surface area contributed by atoms with Crippen molar-refractivity contribution in [2.24, 2.45) is 5.92 Å². The molecule has 17 heavy (non-hydrogen) atoms. The molecule has 1 aliphatic heterocycles. The first kappa shape index (κ1) is 12.0. The molecular formula is C13H16FNO2. The fourth-order valence-corrected chi connectivity index (χ4v) is 2.34. The highest BCUT2D eigenvalue weighted by Gasteiger charge is 2.32. The summed E-state index contributed by atoms with van der Waals surface area (Å²) in [6.07, 6.45) is 1.71. The largest absolute Gasteiger partial charge is 0.469 e. The predicted octanol–water partition coefficient (Wildman–Crippen LogP) is 2.04. The van der Waals surface area contributed by atoms with Gasteiger partial charge < -0.3 is 10.1 Å². The van der Waals surface area contributed by atoms with Gasteiger partial charge in [-0.05, 0) is 37.1 Å². The van der Waals surface area contributed by atoms with E-state index in [0.717, 1.165) is 24.9 Å². The van der Waals surface area contributed by atoms with Crippen molar-refractivity contribution in [2.75, 3.05) is 13.7 Å². The molecule has 1 aromatic carbocycles. The van der Waals surface area contributed by atoms with Crippen LogP contribution in [0.15, 0.2) is 24.3 Å². The van der Waals surface area contributed by atoms with Gasteiger partial charge in [0.05, 0.1) is 13.0 Å². The minimum Gasteiger partial charge on any atom is -0.469 e. The molecule has 0 radical (unpaired) electrons. The number of carbonyl (C=O) groups is 1. The van der Waals surface area contributed by atoms with E-state index < -0.39 is 0 Å². The first-order valence-corrected chi connectivity index (χ1v) is 5.79. The molecular weight excluding hydrogens is 221 g/mol. The molecule has 3 nitrogen and oxygen atoms in total. The molecule has 0 saturated carbocycles. The van der Waals surface area contributed by atoms with Gasteiger partial charge in [0.15, 0.2) is 0 Å². The third-order valence-corrected chi connectivity index (χ3v) is 3.17. The van der Waals surface area contributed by atoms with Crippen LogP contribution in [0.3, 0.4) is 0 Å². The van der Waals surface area contributed by atoms with Gasteiger partial charge in [-0.25, -0.2) is 4.39 Å². The van der Waals surface area contributed by atoms with Crippen molar-refractivity contribution in [3.8, 4) is 0 Å². The van der Waals surface area contributed by atoms with Crippen LogP contribution in [0.1, 0.15) is 24.4 Å². The fourth-order valence-electron chi connectivity index (χ4n) is 2.34. The molecule has 4 heteroatoms. The molecule has 0 aliphatic carbocycles. The zero-order valence-corrected chi connectivity index (χ0v) is 9.78. The maximum Gasteiger partial charge on any atom is 0.310 e. The summed E-state index contributed by atoms with van der Waals surface area (Å²) in [4.78, 5) is 11.7. The van der Waals surface area contributed by atoms with E-state index in [0.29, 0.717) is 0 Å². The number of methoxy groups -OCH3 is 1. The van der Waals surface area contributed by atoms with Gasteiger partial charge in [0.2, 0.25) is 0 Å². The van der Waals surface area contributed by atoms with Crippen LogP contribution in [0.4, 0.5) is 4.39 Å². The molecule has 0 amide bonds. The van der Waals surface area contributed by atoms with E-state index in [1.807, 2.05) is 6.07 Å². The lowest BCUT2D eigenvalue weighted by Crippen LogP contribution is -2.38. The molecule has 1 aliphatic rings. The Balaban J connectivity index is 2.24. The molecule has 2 unspecified atom stereocenters. The Morgan fingerprint density at radius 2 is 2.35 bits per heavy atom. The second-order valence-electron chi connectivity index (χ2n) is 4.26. The maximum absolute atomic E-state index is 13.2. The second kappa shape index (κ2) is 5.27. The van der Waals surface area contributed by atoms with Gasteiger partial charge in [0.1, 0.15) is 5.82 Å². The zero-order valence-electron chi connectivity index (χ0n) is 9.78. The molecule has 0 bridgehead atoms. The predicted molar refractivity (Wildman–Crippen MR) is 61.9 cm³/mol. The SMILES string of the molecule is COC(=O)C1CCCNC1c1cccc(F)c1. The average Bonchev–Trinajstić information content (AvgIpc) is 2.38. The quantitative estimate of drug-likeness (QED) is 0.800. The molecule has 1 fully saturated rings. The van der Waals surface area contributed by atoms with Crippen molar-refractivity contribution in [3.05, 3.63) is 35.6 Å². The molecule has 2 atom stereocenters. The van der Waals surface area contributed by atoms with Crippen LogP contribution < -0.4 is 5.32 Å². The molecule has 0 aromatic heterocycles. The third kappa shape index (κ3) is 2.64. The summed E-state index contributed by atoms with van der Waals surface area (Å²) in [6.45, 7) is 0.842. The van der Waals surface area contributed by atoms with Gasteiger partial charge in [-0.1, -0.05) is 12.1 Å². The Hall–Kier alpha value is -1.42. The fraction of sp³-hybridized carbons (Fsp3) is 0.462. The first-order chi connectivity index (χ1) is 8.22. The van der Waals surface area contributed by atoms with Crippen LogP contribution in [0.25, 0.3) is 0 Å². The van der Waals surface area contributed by atoms with E-state index >= 15 is 0 Å². The van der Waals surface area contributed by atoms with Crippen molar-refractivity contribution in [1.29, 1.82) is 0 Å². The molecule has 2 rings (SSSR count). The van der Waals surface area contributed by atoms with E-state index in [2.05, 4.69) is 5.32 Å². The monoisotopic (exact) mass is 237 g/mol. The second-order valence-corrected chi connectivity index (χ2v) is 4.26. The highest BCUT2D eigenvalue weighted by Crippen LogP contribution is 2.30. The Kier molecular flexibility index (Phi) is 3.74. The van der Waals surface area contributed by atoms with Crippen LogP contribution in [0.2, 0.25) is 0 Å². The van der Waals surface area contributed by atoms with Gasteiger partial charge in [-0.15, -0.1) is 0 Å². The minimum atomic E-state index is -0.279. The molecule has 1 saturated heterocycles. The summed E-state index contributed by atoms with van der Waals surface area (Å²) in [5.74, 6) is -0.736. The highest BCUT2D eigenvalue weighted by molar-refractivity contribution is 5.73. The Labute approximate surface area is 100.0 Å². The molecule has 92 valence electrons. The smallest absolute Gasteiger partial charge is 0.310 e. The molecule has 0 spiro atoms. The summed E-state index contributed by atoms with van der Waals surface area (Å²) in [5, 5.41) is 3.26. The lowest BCUT2D eigenvalue weighted by Gasteiger charge is -2.31. The number of hydrogen-bond acceptors (Lipinski definition) is 3. The van der Waals surface area contributed by atoms with Crippen LogP contribution >= 0.6 is 0 Å². The van der Waals surface area contributed by atoms with E-state index in [1.165, 1.54) is 19.2 Å². The normalized spacial score (nSPS) is 24.4. The number of ether oxygens (including phenoxy) is 1. The number of esters is 1. The van der Waals surface area contributed by atoms with Crippen molar-refractivity contribution in [1.82, 2.24) is 5.32 Å². The van der Waals surface area contributed by atoms with E-state index in [9.17, 15) is 9.18 Å². The van der Waals surface area contributed by atoms with Crippen LogP contribution in [0, 0.1) is 11.7 Å². The Morgan fingerprint density at radius 3 is 3.06 bits per heavy atom. The number of hydrogen-bond donors (Lipinski definition) is 1. The van der Waals surface area contributed by atoms with Crippen molar-refractivity contribution >= 4 is 5.97 Å². The van der Waals surface area contributed by atoms with E-state index in [1.54, 1.807) is 6.07 Å².